The predicted octanol–water partition coefficient (Wildman–Crippen LogP) is 2.13. The number of rotatable bonds is 4. The highest BCUT2D eigenvalue weighted by molar-refractivity contribution is 9.10. The van der Waals surface area contributed by atoms with Crippen molar-refractivity contribution in [2.75, 3.05) is 0 Å². The lowest BCUT2D eigenvalue weighted by Crippen LogP contribution is -2.18. The summed E-state index contributed by atoms with van der Waals surface area (Å²) in [5.74, 6) is -0.829. The van der Waals surface area contributed by atoms with E-state index in [1.165, 1.54) is 4.68 Å². The van der Waals surface area contributed by atoms with Gasteiger partial charge in [0.05, 0.1) is 12.5 Å². The third-order valence-electron chi connectivity index (χ3n) is 2.83. The van der Waals surface area contributed by atoms with E-state index < -0.39 is 11.9 Å². The fourth-order valence-electron chi connectivity index (χ4n) is 1.74. The van der Waals surface area contributed by atoms with Gasteiger partial charge in [-0.05, 0) is 41.1 Å². The molecule has 0 amide bonds. The van der Waals surface area contributed by atoms with Crippen molar-refractivity contribution in [3.8, 4) is 11.4 Å². The molecule has 0 aliphatic heterocycles. The van der Waals surface area contributed by atoms with Gasteiger partial charge in [-0.15, -0.1) is 5.10 Å². The van der Waals surface area contributed by atoms with E-state index in [2.05, 4.69) is 31.5 Å². The Hall–Kier alpha value is -1.76. The van der Waals surface area contributed by atoms with Gasteiger partial charge in [-0.1, -0.05) is 22.9 Å². The van der Waals surface area contributed by atoms with Crippen molar-refractivity contribution in [3.63, 3.8) is 0 Å². The van der Waals surface area contributed by atoms with E-state index in [1.807, 2.05) is 25.1 Å². The van der Waals surface area contributed by atoms with Crippen LogP contribution >= 0.6 is 15.9 Å². The molecule has 1 N–H and O–H groups in total. The molecule has 0 saturated carbocycles. The van der Waals surface area contributed by atoms with Crippen molar-refractivity contribution >= 4 is 21.9 Å². The van der Waals surface area contributed by atoms with E-state index in [9.17, 15) is 4.79 Å². The number of hydrogen-bond donors (Lipinski definition) is 1. The van der Waals surface area contributed by atoms with E-state index in [-0.39, 0.29) is 6.54 Å². The van der Waals surface area contributed by atoms with Crippen LogP contribution in [0.2, 0.25) is 0 Å². The van der Waals surface area contributed by atoms with Crippen LogP contribution in [0.25, 0.3) is 11.4 Å². The van der Waals surface area contributed by atoms with Crippen LogP contribution in [0, 0.1) is 12.8 Å². The molecule has 0 aliphatic rings. The summed E-state index contributed by atoms with van der Waals surface area (Å²) in [6.45, 7) is 3.83. The smallest absolute Gasteiger partial charge is 0.308 e. The average Bonchev–Trinajstić information content (AvgIpc) is 2.77. The molecule has 0 saturated heterocycles. The van der Waals surface area contributed by atoms with Crippen molar-refractivity contribution in [1.29, 1.82) is 0 Å². The minimum Gasteiger partial charge on any atom is -0.481 e. The standard InChI is InChI=1S/C12H13BrN4O2/c1-7-5-9(13)3-4-10(7)11-14-15-16-17(11)6-8(2)12(18)19/h3-5,8H,6H2,1-2H3,(H,18,19). The molecule has 1 atom stereocenters. The van der Waals surface area contributed by atoms with Crippen molar-refractivity contribution < 1.29 is 9.90 Å². The largest absolute Gasteiger partial charge is 0.481 e. The van der Waals surface area contributed by atoms with Crippen LogP contribution in [-0.2, 0) is 11.3 Å². The molecule has 0 fully saturated rings. The van der Waals surface area contributed by atoms with Gasteiger partial charge in [0.25, 0.3) is 0 Å². The van der Waals surface area contributed by atoms with Gasteiger partial charge in [-0.2, -0.15) is 0 Å². The molecule has 0 aliphatic carbocycles. The van der Waals surface area contributed by atoms with Gasteiger partial charge in [0.2, 0.25) is 0 Å². The minimum atomic E-state index is -0.867. The summed E-state index contributed by atoms with van der Waals surface area (Å²) in [6.07, 6.45) is 0. The number of aromatic nitrogens is 4. The van der Waals surface area contributed by atoms with Gasteiger partial charge in [-0.25, -0.2) is 4.68 Å². The quantitative estimate of drug-likeness (QED) is 0.931. The Morgan fingerprint density at radius 1 is 1.53 bits per heavy atom. The van der Waals surface area contributed by atoms with Crippen LogP contribution in [0.3, 0.4) is 0 Å². The Bertz CT molecular complexity index is 612. The maximum absolute atomic E-state index is 10.9. The summed E-state index contributed by atoms with van der Waals surface area (Å²) < 4.78 is 2.50. The van der Waals surface area contributed by atoms with E-state index in [0.717, 1.165) is 15.6 Å². The summed E-state index contributed by atoms with van der Waals surface area (Å²) in [5, 5.41) is 20.4. The van der Waals surface area contributed by atoms with Gasteiger partial charge < -0.3 is 5.11 Å². The summed E-state index contributed by atoms with van der Waals surface area (Å²) in [6, 6.07) is 5.78. The number of aryl methyl sites for hydroxylation is 1. The zero-order valence-corrected chi connectivity index (χ0v) is 12.1. The lowest BCUT2D eigenvalue weighted by Gasteiger charge is -2.09. The molecule has 7 heteroatoms. The Balaban J connectivity index is 2.36. The first-order valence-corrected chi connectivity index (χ1v) is 6.54. The number of carbonyl (C=O) groups is 1. The summed E-state index contributed by atoms with van der Waals surface area (Å²) >= 11 is 3.40. The first-order valence-electron chi connectivity index (χ1n) is 5.74. The van der Waals surface area contributed by atoms with E-state index in [0.29, 0.717) is 5.82 Å². The van der Waals surface area contributed by atoms with E-state index in [1.54, 1.807) is 6.92 Å². The third-order valence-corrected chi connectivity index (χ3v) is 3.32. The molecule has 2 aromatic rings. The molecule has 6 nitrogen and oxygen atoms in total. The third kappa shape index (κ3) is 2.98. The Morgan fingerprint density at radius 2 is 2.26 bits per heavy atom. The molecule has 1 aromatic heterocycles. The molecule has 100 valence electrons. The van der Waals surface area contributed by atoms with Crippen LogP contribution < -0.4 is 0 Å². The number of tetrazole rings is 1. The highest BCUT2D eigenvalue weighted by Crippen LogP contribution is 2.24. The van der Waals surface area contributed by atoms with E-state index >= 15 is 0 Å². The molecule has 2 rings (SSSR count). The number of nitrogens with zero attached hydrogens (tertiary/aromatic N) is 4. The first-order chi connectivity index (χ1) is 8.99. The van der Waals surface area contributed by atoms with Crippen molar-refractivity contribution in [1.82, 2.24) is 20.2 Å². The zero-order chi connectivity index (χ0) is 14.0. The van der Waals surface area contributed by atoms with Gasteiger partial charge in [0.1, 0.15) is 0 Å². The van der Waals surface area contributed by atoms with Crippen LogP contribution in [0.15, 0.2) is 22.7 Å². The highest BCUT2D eigenvalue weighted by Gasteiger charge is 2.17. The van der Waals surface area contributed by atoms with E-state index in [4.69, 9.17) is 5.11 Å². The number of hydrogen-bond acceptors (Lipinski definition) is 4. The molecule has 1 unspecified atom stereocenters. The lowest BCUT2D eigenvalue weighted by molar-refractivity contribution is -0.141. The molecule has 1 aromatic carbocycles. The molecular weight excluding hydrogens is 312 g/mol. The topological polar surface area (TPSA) is 80.9 Å². The second kappa shape index (κ2) is 5.48. The van der Waals surface area contributed by atoms with Gasteiger partial charge in [-0.3, -0.25) is 4.79 Å². The van der Waals surface area contributed by atoms with Gasteiger partial charge >= 0.3 is 5.97 Å². The number of carboxylic acid groups (broad SMARTS) is 1. The fraction of sp³-hybridized carbons (Fsp3) is 0.333. The van der Waals surface area contributed by atoms with Crippen LogP contribution in [0.1, 0.15) is 12.5 Å². The van der Waals surface area contributed by atoms with Crippen LogP contribution in [-0.4, -0.2) is 31.3 Å². The number of benzene rings is 1. The fourth-order valence-corrected chi connectivity index (χ4v) is 2.21. The van der Waals surface area contributed by atoms with Crippen molar-refractivity contribution in [3.05, 3.63) is 28.2 Å². The summed E-state index contributed by atoms with van der Waals surface area (Å²) in [4.78, 5) is 10.9. The average molecular weight is 325 g/mol. The van der Waals surface area contributed by atoms with Crippen LogP contribution in [0.5, 0.6) is 0 Å². The molecular formula is C12H13BrN4O2. The zero-order valence-electron chi connectivity index (χ0n) is 10.5. The number of aliphatic carboxylic acids is 1. The van der Waals surface area contributed by atoms with Crippen molar-refractivity contribution in [2.45, 2.75) is 20.4 Å². The van der Waals surface area contributed by atoms with Crippen molar-refractivity contribution in [2.24, 2.45) is 5.92 Å². The number of halogens is 1. The maximum Gasteiger partial charge on any atom is 0.308 e. The molecule has 1 heterocycles. The Morgan fingerprint density at radius 3 is 2.89 bits per heavy atom. The molecule has 0 bridgehead atoms. The first kappa shape index (κ1) is 13.7. The van der Waals surface area contributed by atoms with Gasteiger partial charge in [0, 0.05) is 10.0 Å². The minimum absolute atomic E-state index is 0.243. The van der Waals surface area contributed by atoms with Crippen LogP contribution in [0.4, 0.5) is 0 Å². The predicted molar refractivity (Wildman–Crippen MR) is 72.5 cm³/mol. The second-order valence-electron chi connectivity index (χ2n) is 4.38. The summed E-state index contributed by atoms with van der Waals surface area (Å²) in [5.41, 5.74) is 1.92. The highest BCUT2D eigenvalue weighted by atomic mass is 79.9. The Kier molecular flexibility index (Phi) is 3.94. The SMILES string of the molecule is Cc1cc(Br)ccc1-c1nnnn1CC(C)C(=O)O. The number of carboxylic acids is 1. The molecule has 0 spiro atoms. The monoisotopic (exact) mass is 324 g/mol. The normalized spacial score (nSPS) is 12.4. The Labute approximate surface area is 118 Å². The lowest BCUT2D eigenvalue weighted by atomic mass is 10.1. The second-order valence-corrected chi connectivity index (χ2v) is 5.30. The maximum atomic E-state index is 10.9. The summed E-state index contributed by atoms with van der Waals surface area (Å²) in [7, 11) is 0. The van der Waals surface area contributed by atoms with Gasteiger partial charge in [0.15, 0.2) is 5.82 Å². The molecule has 0 radical (unpaired) electrons. The molecule has 19 heavy (non-hydrogen) atoms.